The first-order valence-corrected chi connectivity index (χ1v) is 9.63. The molecule has 2 aromatic heterocycles. The average Bonchev–Trinajstić information content (AvgIpc) is 2.95. The molecule has 0 fully saturated rings. The number of hydrogen-bond acceptors (Lipinski definition) is 5. The molecule has 7 heteroatoms. The Morgan fingerprint density at radius 3 is 3.04 bits per heavy atom. The lowest BCUT2D eigenvalue weighted by Gasteiger charge is -2.24. The zero-order valence-electron chi connectivity index (χ0n) is 14.4. The number of thiophene rings is 1. The van der Waals surface area contributed by atoms with Crippen molar-refractivity contribution in [3.05, 3.63) is 57.1 Å². The van der Waals surface area contributed by atoms with Gasteiger partial charge in [-0.05, 0) is 30.3 Å². The third-order valence-corrected chi connectivity index (χ3v) is 6.15. The largest absolute Gasteiger partial charge is 0.397 e. The number of carbonyl (C=O) groups is 1. The first kappa shape index (κ1) is 17.3. The number of nitrogens with one attached hydrogen (secondary N) is 1. The van der Waals surface area contributed by atoms with Gasteiger partial charge in [-0.1, -0.05) is 29.8 Å². The van der Waals surface area contributed by atoms with E-state index in [1.54, 1.807) is 0 Å². The molecular weight excluding hydrogens is 368 g/mol. The monoisotopic (exact) mass is 386 g/mol. The number of pyridine rings is 1. The first-order chi connectivity index (χ1) is 12.5. The van der Waals surface area contributed by atoms with Crippen LogP contribution in [0.4, 0.5) is 5.69 Å². The maximum absolute atomic E-state index is 12.6. The number of fused-ring (bicyclic) bond motifs is 2. The number of halogens is 1. The van der Waals surface area contributed by atoms with Gasteiger partial charge in [0.1, 0.15) is 9.71 Å². The molecule has 3 N–H and O–H groups in total. The van der Waals surface area contributed by atoms with Crippen LogP contribution < -0.4 is 11.1 Å². The first-order valence-electron chi connectivity index (χ1n) is 8.44. The van der Waals surface area contributed by atoms with Crippen molar-refractivity contribution in [3.8, 4) is 0 Å². The Kier molecular flexibility index (Phi) is 4.56. The number of aromatic nitrogens is 1. The highest BCUT2D eigenvalue weighted by Gasteiger charge is 2.21. The summed E-state index contributed by atoms with van der Waals surface area (Å²) in [6, 6.07) is 9.55. The molecule has 1 aliphatic heterocycles. The normalized spacial score (nSPS) is 14.4. The van der Waals surface area contributed by atoms with Crippen molar-refractivity contribution in [2.75, 3.05) is 19.3 Å². The minimum absolute atomic E-state index is 0.194. The molecule has 1 amide bonds. The Morgan fingerprint density at radius 1 is 1.42 bits per heavy atom. The molecule has 0 unspecified atom stereocenters. The summed E-state index contributed by atoms with van der Waals surface area (Å²) in [4.78, 5) is 21.0. The van der Waals surface area contributed by atoms with E-state index in [0.29, 0.717) is 22.1 Å². The smallest absolute Gasteiger partial charge is 0.263 e. The summed E-state index contributed by atoms with van der Waals surface area (Å²) < 4.78 is 0. The van der Waals surface area contributed by atoms with Gasteiger partial charge in [-0.25, -0.2) is 4.98 Å². The summed E-state index contributed by atoms with van der Waals surface area (Å²) in [6.07, 6.45) is 0.924. The summed E-state index contributed by atoms with van der Waals surface area (Å²) in [6.45, 7) is 2.22. The van der Waals surface area contributed by atoms with Gasteiger partial charge < -0.3 is 16.0 Å². The minimum Gasteiger partial charge on any atom is -0.397 e. The van der Waals surface area contributed by atoms with Gasteiger partial charge in [0.25, 0.3) is 5.91 Å². The van der Waals surface area contributed by atoms with E-state index in [9.17, 15) is 4.79 Å². The van der Waals surface area contributed by atoms with E-state index >= 15 is 0 Å². The Labute approximate surface area is 160 Å². The maximum Gasteiger partial charge on any atom is 0.263 e. The summed E-state index contributed by atoms with van der Waals surface area (Å²) in [5.74, 6) is -0.194. The Morgan fingerprint density at radius 2 is 2.23 bits per heavy atom. The molecule has 3 aromatic rings. The zero-order chi connectivity index (χ0) is 18.3. The fourth-order valence-corrected chi connectivity index (χ4v) is 4.42. The highest BCUT2D eigenvalue weighted by molar-refractivity contribution is 7.21. The van der Waals surface area contributed by atoms with Crippen LogP contribution in [-0.2, 0) is 19.5 Å². The van der Waals surface area contributed by atoms with Crippen molar-refractivity contribution < 1.29 is 4.79 Å². The van der Waals surface area contributed by atoms with Gasteiger partial charge in [0, 0.05) is 42.2 Å². The number of hydrogen-bond donors (Lipinski definition) is 2. The molecule has 0 saturated carbocycles. The van der Waals surface area contributed by atoms with Gasteiger partial charge >= 0.3 is 0 Å². The number of likely N-dealkylation sites (N-methyl/N-ethyl adjacent to an activating group) is 1. The number of benzene rings is 1. The van der Waals surface area contributed by atoms with Crippen molar-refractivity contribution >= 4 is 44.7 Å². The van der Waals surface area contributed by atoms with Crippen molar-refractivity contribution in [3.63, 3.8) is 0 Å². The standard InChI is InChI=1S/C19H19ClN4OS/c1-24-7-6-15-12(10-24)8-13-16(21)17(26-19(13)23-15)18(25)22-9-11-4-2-3-5-14(11)20/h2-5,8H,6-7,9-10,21H2,1H3,(H,22,25). The lowest BCUT2D eigenvalue weighted by molar-refractivity contribution is 0.0956. The van der Waals surface area contributed by atoms with Crippen LogP contribution in [0.15, 0.2) is 30.3 Å². The van der Waals surface area contributed by atoms with Crippen molar-refractivity contribution in [2.45, 2.75) is 19.5 Å². The Balaban J connectivity index is 1.61. The Bertz CT molecular complexity index is 1000. The van der Waals surface area contributed by atoms with Gasteiger partial charge in [-0.3, -0.25) is 4.79 Å². The molecule has 4 rings (SSSR count). The zero-order valence-corrected chi connectivity index (χ0v) is 16.0. The van der Waals surface area contributed by atoms with E-state index in [1.165, 1.54) is 16.9 Å². The van der Waals surface area contributed by atoms with E-state index in [4.69, 9.17) is 22.3 Å². The number of rotatable bonds is 3. The van der Waals surface area contributed by atoms with E-state index in [-0.39, 0.29) is 5.91 Å². The number of anilines is 1. The molecule has 0 bridgehead atoms. The molecule has 0 atom stereocenters. The van der Waals surface area contributed by atoms with Crippen molar-refractivity contribution in [1.82, 2.24) is 15.2 Å². The molecule has 0 aliphatic carbocycles. The number of carbonyl (C=O) groups excluding carboxylic acids is 1. The number of nitrogen functional groups attached to an aromatic ring is 1. The molecule has 26 heavy (non-hydrogen) atoms. The maximum atomic E-state index is 12.6. The highest BCUT2D eigenvalue weighted by Crippen LogP contribution is 2.35. The van der Waals surface area contributed by atoms with E-state index in [1.807, 2.05) is 24.3 Å². The van der Waals surface area contributed by atoms with Crippen LogP contribution in [0, 0.1) is 0 Å². The van der Waals surface area contributed by atoms with Crippen molar-refractivity contribution in [1.29, 1.82) is 0 Å². The predicted octanol–water partition coefficient (Wildman–Crippen LogP) is 3.45. The van der Waals surface area contributed by atoms with E-state index < -0.39 is 0 Å². The third-order valence-electron chi connectivity index (χ3n) is 4.66. The van der Waals surface area contributed by atoms with Crippen LogP contribution in [-0.4, -0.2) is 29.4 Å². The van der Waals surface area contributed by atoms with Crippen LogP contribution in [0.2, 0.25) is 5.02 Å². The predicted molar refractivity (Wildman–Crippen MR) is 107 cm³/mol. The summed E-state index contributed by atoms with van der Waals surface area (Å²) in [5, 5.41) is 4.41. The Hall–Kier alpha value is -2.15. The number of nitrogens with two attached hydrogens (primary N) is 1. The highest BCUT2D eigenvalue weighted by atomic mass is 35.5. The fraction of sp³-hybridized carbons (Fsp3) is 0.263. The second-order valence-corrected chi connectivity index (χ2v) is 7.96. The third kappa shape index (κ3) is 3.16. The minimum atomic E-state index is -0.194. The molecule has 5 nitrogen and oxygen atoms in total. The summed E-state index contributed by atoms with van der Waals surface area (Å²) in [7, 11) is 2.09. The fourth-order valence-electron chi connectivity index (χ4n) is 3.20. The van der Waals surface area contributed by atoms with Crippen molar-refractivity contribution in [2.24, 2.45) is 0 Å². The number of nitrogens with zero attached hydrogens (tertiary/aromatic N) is 2. The lowest BCUT2D eigenvalue weighted by atomic mass is 10.0. The molecule has 0 spiro atoms. The summed E-state index contributed by atoms with van der Waals surface area (Å²) in [5.41, 5.74) is 9.96. The second kappa shape index (κ2) is 6.87. The molecule has 134 valence electrons. The number of amides is 1. The van der Waals surface area contributed by atoms with E-state index in [2.05, 4.69) is 23.3 Å². The van der Waals surface area contributed by atoms with Crippen LogP contribution in [0.25, 0.3) is 10.2 Å². The topological polar surface area (TPSA) is 71.2 Å². The lowest BCUT2D eigenvalue weighted by Crippen LogP contribution is -2.27. The quantitative estimate of drug-likeness (QED) is 0.723. The van der Waals surface area contributed by atoms with Crippen LogP contribution >= 0.6 is 22.9 Å². The summed E-state index contributed by atoms with van der Waals surface area (Å²) >= 11 is 7.50. The average molecular weight is 387 g/mol. The second-order valence-electron chi connectivity index (χ2n) is 6.55. The molecule has 0 radical (unpaired) electrons. The van der Waals surface area contributed by atoms with Crippen LogP contribution in [0.5, 0.6) is 0 Å². The molecule has 1 aliphatic rings. The molecular formula is C19H19ClN4OS. The van der Waals surface area contributed by atoms with E-state index in [0.717, 1.165) is 41.0 Å². The van der Waals surface area contributed by atoms with Gasteiger partial charge in [0.15, 0.2) is 0 Å². The van der Waals surface area contributed by atoms with Crippen LogP contribution in [0.1, 0.15) is 26.5 Å². The molecule has 0 saturated heterocycles. The molecule has 3 heterocycles. The van der Waals surface area contributed by atoms with Gasteiger partial charge in [-0.15, -0.1) is 11.3 Å². The van der Waals surface area contributed by atoms with Gasteiger partial charge in [-0.2, -0.15) is 0 Å². The van der Waals surface area contributed by atoms with Gasteiger partial charge in [0.05, 0.1) is 5.69 Å². The van der Waals surface area contributed by atoms with Crippen LogP contribution in [0.3, 0.4) is 0 Å². The SMILES string of the molecule is CN1CCc2nc3sc(C(=O)NCc4ccccc4Cl)c(N)c3cc2C1. The van der Waals surface area contributed by atoms with Gasteiger partial charge in [0.2, 0.25) is 0 Å². The molecule has 1 aromatic carbocycles.